The molecular formula is C10H8ClNO4. The first kappa shape index (κ1) is 12.2. The van der Waals surface area contributed by atoms with Crippen LogP contribution in [0.1, 0.15) is 12.5 Å². The van der Waals surface area contributed by atoms with Gasteiger partial charge in [-0.25, -0.2) is 4.79 Å². The van der Waals surface area contributed by atoms with Crippen molar-refractivity contribution >= 4 is 29.3 Å². The topological polar surface area (TPSA) is 80.4 Å². The molecule has 0 amide bonds. The van der Waals surface area contributed by atoms with Crippen molar-refractivity contribution < 1.29 is 14.8 Å². The van der Waals surface area contributed by atoms with Crippen molar-refractivity contribution in [3.63, 3.8) is 0 Å². The van der Waals surface area contributed by atoms with Crippen LogP contribution in [0.2, 0.25) is 5.02 Å². The Balaban J connectivity index is 3.18. The van der Waals surface area contributed by atoms with Crippen LogP contribution in [0.4, 0.5) is 5.69 Å². The first-order valence-corrected chi connectivity index (χ1v) is 4.65. The van der Waals surface area contributed by atoms with Gasteiger partial charge >= 0.3 is 5.97 Å². The first-order chi connectivity index (χ1) is 7.41. The summed E-state index contributed by atoms with van der Waals surface area (Å²) in [6.07, 6.45) is 1.34. The number of benzene rings is 1. The minimum Gasteiger partial charge on any atom is -0.478 e. The largest absolute Gasteiger partial charge is 0.478 e. The van der Waals surface area contributed by atoms with Gasteiger partial charge in [0.1, 0.15) is 5.02 Å². The minimum absolute atomic E-state index is 0.0233. The van der Waals surface area contributed by atoms with E-state index in [0.717, 1.165) is 0 Å². The van der Waals surface area contributed by atoms with Gasteiger partial charge in [-0.1, -0.05) is 17.7 Å². The van der Waals surface area contributed by atoms with Gasteiger partial charge in [0.15, 0.2) is 0 Å². The average molecular weight is 242 g/mol. The molecule has 0 spiro atoms. The average Bonchev–Trinajstić information content (AvgIpc) is 2.20. The van der Waals surface area contributed by atoms with Gasteiger partial charge in [0.05, 0.1) is 4.92 Å². The van der Waals surface area contributed by atoms with E-state index in [2.05, 4.69) is 0 Å². The molecule has 0 saturated heterocycles. The van der Waals surface area contributed by atoms with Crippen LogP contribution >= 0.6 is 11.6 Å². The molecule has 0 atom stereocenters. The summed E-state index contributed by atoms with van der Waals surface area (Å²) in [6, 6.07) is 4.11. The fourth-order valence-corrected chi connectivity index (χ4v) is 1.26. The monoisotopic (exact) mass is 241 g/mol. The lowest BCUT2D eigenvalue weighted by Gasteiger charge is -1.98. The van der Waals surface area contributed by atoms with Crippen molar-refractivity contribution in [1.29, 1.82) is 0 Å². The smallest absolute Gasteiger partial charge is 0.331 e. The number of carboxylic acid groups (broad SMARTS) is 1. The third-order valence-electron chi connectivity index (χ3n) is 1.89. The Kier molecular flexibility index (Phi) is 3.63. The first-order valence-electron chi connectivity index (χ1n) is 4.27. The van der Waals surface area contributed by atoms with E-state index < -0.39 is 10.9 Å². The molecule has 84 valence electrons. The fraction of sp³-hybridized carbons (Fsp3) is 0.100. The third-order valence-corrected chi connectivity index (χ3v) is 2.21. The molecule has 1 aromatic rings. The van der Waals surface area contributed by atoms with Crippen LogP contribution in [0.15, 0.2) is 23.8 Å². The molecule has 0 radical (unpaired) electrons. The van der Waals surface area contributed by atoms with Gasteiger partial charge in [0, 0.05) is 11.6 Å². The normalized spacial score (nSPS) is 11.2. The number of rotatable bonds is 3. The number of halogens is 1. The minimum atomic E-state index is -1.07. The highest BCUT2D eigenvalue weighted by Gasteiger charge is 2.12. The van der Waals surface area contributed by atoms with E-state index in [1.165, 1.54) is 31.2 Å². The van der Waals surface area contributed by atoms with Crippen molar-refractivity contribution in [1.82, 2.24) is 0 Å². The van der Waals surface area contributed by atoms with E-state index in [9.17, 15) is 14.9 Å². The van der Waals surface area contributed by atoms with E-state index >= 15 is 0 Å². The van der Waals surface area contributed by atoms with Gasteiger partial charge in [-0.2, -0.15) is 0 Å². The molecule has 16 heavy (non-hydrogen) atoms. The lowest BCUT2D eigenvalue weighted by molar-refractivity contribution is -0.384. The standard InChI is InChI=1S/C10H8ClNO4/c1-6(10(13)14)4-7-2-3-8(11)9(5-7)12(15)16/h2-5H,1H3,(H,13,14). The van der Waals surface area contributed by atoms with E-state index in [1.54, 1.807) is 0 Å². The molecule has 0 aliphatic rings. The number of nitro benzene ring substituents is 1. The Labute approximate surface area is 96.1 Å². The predicted molar refractivity (Wildman–Crippen MR) is 59.4 cm³/mol. The quantitative estimate of drug-likeness (QED) is 0.501. The highest BCUT2D eigenvalue weighted by Crippen LogP contribution is 2.25. The molecule has 6 heteroatoms. The summed E-state index contributed by atoms with van der Waals surface area (Å²) in [7, 11) is 0. The molecule has 1 aromatic carbocycles. The van der Waals surface area contributed by atoms with Gasteiger partial charge in [0.25, 0.3) is 5.69 Å². The molecule has 5 nitrogen and oxygen atoms in total. The summed E-state index contributed by atoms with van der Waals surface area (Å²) in [4.78, 5) is 20.5. The Bertz CT molecular complexity index is 482. The summed E-state index contributed by atoms with van der Waals surface area (Å²) in [5, 5.41) is 19.2. The van der Waals surface area contributed by atoms with E-state index in [1.807, 2.05) is 0 Å². The summed E-state index contributed by atoms with van der Waals surface area (Å²) >= 11 is 5.61. The number of carboxylic acids is 1. The Morgan fingerprint density at radius 3 is 2.69 bits per heavy atom. The van der Waals surface area contributed by atoms with Crippen molar-refractivity contribution in [2.75, 3.05) is 0 Å². The molecule has 0 fully saturated rings. The Hall–Kier alpha value is -1.88. The Morgan fingerprint density at radius 2 is 2.19 bits per heavy atom. The molecule has 0 aliphatic carbocycles. The van der Waals surface area contributed by atoms with Crippen LogP contribution in [0.3, 0.4) is 0 Å². The summed E-state index contributed by atoms with van der Waals surface area (Å²) in [5.74, 6) is -1.07. The van der Waals surface area contributed by atoms with Crippen molar-refractivity contribution in [2.45, 2.75) is 6.92 Å². The summed E-state index contributed by atoms with van der Waals surface area (Å²) < 4.78 is 0. The molecule has 0 bridgehead atoms. The lowest BCUT2D eigenvalue weighted by Crippen LogP contribution is -1.96. The highest BCUT2D eigenvalue weighted by molar-refractivity contribution is 6.32. The number of hydrogen-bond donors (Lipinski definition) is 1. The van der Waals surface area contributed by atoms with E-state index in [-0.39, 0.29) is 16.3 Å². The molecule has 0 heterocycles. The number of nitro groups is 1. The molecular weight excluding hydrogens is 234 g/mol. The zero-order valence-corrected chi connectivity index (χ0v) is 9.06. The van der Waals surface area contributed by atoms with Gasteiger partial charge in [-0.3, -0.25) is 10.1 Å². The highest BCUT2D eigenvalue weighted by atomic mass is 35.5. The molecule has 0 aromatic heterocycles. The maximum atomic E-state index is 10.6. The van der Waals surface area contributed by atoms with Crippen LogP contribution in [0, 0.1) is 10.1 Å². The number of carbonyl (C=O) groups is 1. The molecule has 1 N–H and O–H groups in total. The second kappa shape index (κ2) is 4.76. The van der Waals surface area contributed by atoms with E-state index in [0.29, 0.717) is 5.56 Å². The predicted octanol–water partition coefficient (Wildman–Crippen LogP) is 2.74. The van der Waals surface area contributed by atoms with Crippen LogP contribution in [-0.4, -0.2) is 16.0 Å². The van der Waals surface area contributed by atoms with Crippen LogP contribution < -0.4 is 0 Å². The van der Waals surface area contributed by atoms with Gasteiger partial charge in [-0.05, 0) is 24.6 Å². The van der Waals surface area contributed by atoms with Crippen LogP contribution in [-0.2, 0) is 4.79 Å². The second-order valence-electron chi connectivity index (χ2n) is 3.10. The molecule has 1 rings (SSSR count). The number of aliphatic carboxylic acids is 1. The summed E-state index contributed by atoms with van der Waals surface area (Å²) in [5.41, 5.74) is 0.279. The SMILES string of the molecule is CC(=Cc1ccc(Cl)c([N+](=O)[O-])c1)C(=O)O. The van der Waals surface area contributed by atoms with Crippen molar-refractivity contribution in [2.24, 2.45) is 0 Å². The Morgan fingerprint density at radius 1 is 1.56 bits per heavy atom. The van der Waals surface area contributed by atoms with Crippen molar-refractivity contribution in [3.05, 3.63) is 44.5 Å². The zero-order valence-electron chi connectivity index (χ0n) is 8.31. The van der Waals surface area contributed by atoms with Crippen molar-refractivity contribution in [3.8, 4) is 0 Å². The van der Waals surface area contributed by atoms with E-state index in [4.69, 9.17) is 16.7 Å². The fourth-order valence-electron chi connectivity index (χ4n) is 1.07. The third kappa shape index (κ3) is 2.80. The second-order valence-corrected chi connectivity index (χ2v) is 3.51. The lowest BCUT2D eigenvalue weighted by atomic mass is 10.1. The van der Waals surface area contributed by atoms with Gasteiger partial charge in [0.2, 0.25) is 0 Å². The van der Waals surface area contributed by atoms with Gasteiger partial charge in [-0.15, -0.1) is 0 Å². The molecule has 0 saturated carbocycles. The molecule has 0 unspecified atom stereocenters. The summed E-state index contributed by atoms with van der Waals surface area (Å²) in [6.45, 7) is 1.41. The molecule has 0 aliphatic heterocycles. The maximum Gasteiger partial charge on any atom is 0.331 e. The van der Waals surface area contributed by atoms with Crippen LogP contribution in [0.25, 0.3) is 6.08 Å². The van der Waals surface area contributed by atoms with Gasteiger partial charge < -0.3 is 5.11 Å². The number of hydrogen-bond acceptors (Lipinski definition) is 3. The number of nitrogens with zero attached hydrogens (tertiary/aromatic N) is 1. The maximum absolute atomic E-state index is 10.6. The zero-order chi connectivity index (χ0) is 12.3. The van der Waals surface area contributed by atoms with Crippen LogP contribution in [0.5, 0.6) is 0 Å².